The molecule has 2 N–H and O–H groups in total. The van der Waals surface area contributed by atoms with Gasteiger partial charge in [0.05, 0.1) is 16.3 Å². The molecule has 12 heteroatoms. The lowest BCUT2D eigenvalue weighted by molar-refractivity contribution is -0.137. The molecule has 1 amide bonds. The van der Waals surface area contributed by atoms with Crippen LogP contribution >= 0.6 is 11.6 Å². The maximum atomic E-state index is 13.3. The molecule has 0 heterocycles. The number of nitrogens with one attached hydrogen (secondary N) is 2. The molecule has 0 aliphatic carbocycles. The Morgan fingerprint density at radius 2 is 1.88 bits per heavy atom. The van der Waals surface area contributed by atoms with Crippen molar-refractivity contribution in [2.24, 2.45) is 0 Å². The summed E-state index contributed by atoms with van der Waals surface area (Å²) in [7, 11) is -4.00. The quantitative estimate of drug-likeness (QED) is 0.489. The summed E-state index contributed by atoms with van der Waals surface area (Å²) in [4.78, 5) is 11.8. The molecule has 0 unspecified atom stereocenters. The molecule has 174 valence electrons. The number of carbonyl (C=O) groups excluding carboxylic acids is 1. The first-order valence-corrected chi connectivity index (χ1v) is 11.1. The first kappa shape index (κ1) is 25.5. The topological polar surface area (TPSA) is 84.5 Å². The van der Waals surface area contributed by atoms with Gasteiger partial charge in [0.25, 0.3) is 5.91 Å². The van der Waals surface area contributed by atoms with Gasteiger partial charge in [0, 0.05) is 24.7 Å². The smallest absolute Gasteiger partial charge is 0.416 e. The average Bonchev–Trinajstić information content (AvgIpc) is 2.67. The van der Waals surface area contributed by atoms with Crippen LogP contribution in [0, 0.1) is 5.82 Å². The normalized spacial score (nSPS) is 11.7. The van der Waals surface area contributed by atoms with Gasteiger partial charge in [-0.1, -0.05) is 36.4 Å². The number of hydrogen-bond acceptors (Lipinski definition) is 4. The molecule has 2 aromatic rings. The lowest BCUT2D eigenvalue weighted by Gasteiger charge is -2.13. The van der Waals surface area contributed by atoms with Crippen LogP contribution in [0.25, 0.3) is 0 Å². The molecular formula is C20H19ClF4N2O4S. The van der Waals surface area contributed by atoms with Crippen LogP contribution in [-0.4, -0.2) is 27.5 Å². The molecule has 0 spiro atoms. The summed E-state index contributed by atoms with van der Waals surface area (Å²) in [6, 6.07) is 7.69. The van der Waals surface area contributed by atoms with Crippen LogP contribution in [-0.2, 0) is 26.7 Å². The third-order valence-electron chi connectivity index (χ3n) is 3.92. The average molecular weight is 495 g/mol. The van der Waals surface area contributed by atoms with E-state index in [0.29, 0.717) is 0 Å². The van der Waals surface area contributed by atoms with E-state index in [4.69, 9.17) is 16.3 Å². The Labute approximate surface area is 187 Å². The fourth-order valence-electron chi connectivity index (χ4n) is 2.48. The molecule has 32 heavy (non-hydrogen) atoms. The highest BCUT2D eigenvalue weighted by molar-refractivity contribution is 7.88. The van der Waals surface area contributed by atoms with Gasteiger partial charge in [-0.15, -0.1) is 0 Å². The first-order valence-electron chi connectivity index (χ1n) is 9.05. The van der Waals surface area contributed by atoms with Crippen LogP contribution in [0.5, 0.6) is 5.75 Å². The van der Waals surface area contributed by atoms with Crippen molar-refractivity contribution < 1.29 is 35.5 Å². The highest BCUT2D eigenvalue weighted by atomic mass is 35.5. The molecule has 2 rings (SSSR count). The molecule has 0 atom stereocenters. The van der Waals surface area contributed by atoms with Gasteiger partial charge >= 0.3 is 6.18 Å². The molecule has 0 aliphatic heterocycles. The van der Waals surface area contributed by atoms with Gasteiger partial charge in [0.15, 0.2) is 6.61 Å². The van der Waals surface area contributed by atoms with Crippen molar-refractivity contribution >= 4 is 27.5 Å². The summed E-state index contributed by atoms with van der Waals surface area (Å²) >= 11 is 5.55. The standard InChI is InChI=1S/C20H19ClF4N2O4S/c1-13(7-8-26-19(28)11-31-16-5-6-17(21)18(22)10-16)27-32(29,30)12-14-3-2-4-15(9-14)20(23,24)25/h2-6,9-10,27H,1,7-8,11-12H2,(H,26,28). The molecule has 0 radical (unpaired) electrons. The minimum Gasteiger partial charge on any atom is -0.484 e. The Balaban J connectivity index is 1.77. The largest absolute Gasteiger partial charge is 0.484 e. The van der Waals surface area contributed by atoms with Crippen LogP contribution in [0.15, 0.2) is 54.7 Å². The second kappa shape index (κ2) is 10.7. The maximum Gasteiger partial charge on any atom is 0.416 e. The van der Waals surface area contributed by atoms with Gasteiger partial charge in [-0.2, -0.15) is 13.2 Å². The number of rotatable bonds is 10. The van der Waals surface area contributed by atoms with Crippen molar-refractivity contribution in [1.29, 1.82) is 0 Å². The summed E-state index contributed by atoms with van der Waals surface area (Å²) in [6.45, 7) is 3.15. The van der Waals surface area contributed by atoms with Gasteiger partial charge in [0.2, 0.25) is 10.0 Å². The van der Waals surface area contributed by atoms with E-state index in [2.05, 4.69) is 16.6 Å². The summed E-state index contributed by atoms with van der Waals surface area (Å²) in [5.74, 6) is -1.81. The van der Waals surface area contributed by atoms with Crippen molar-refractivity contribution in [3.05, 3.63) is 76.7 Å². The number of alkyl halides is 3. The van der Waals surface area contributed by atoms with Gasteiger partial charge in [-0.25, -0.2) is 12.8 Å². The zero-order chi connectivity index (χ0) is 23.9. The van der Waals surface area contributed by atoms with E-state index in [9.17, 15) is 30.8 Å². The third-order valence-corrected chi connectivity index (χ3v) is 5.54. The van der Waals surface area contributed by atoms with E-state index >= 15 is 0 Å². The number of sulfonamides is 1. The Kier molecular flexibility index (Phi) is 8.51. The SMILES string of the molecule is C=C(CCNC(=O)COc1ccc(Cl)c(F)c1)NS(=O)(=O)Cc1cccc(C(F)(F)F)c1. The minimum atomic E-state index is -4.58. The number of amides is 1. The molecular weight excluding hydrogens is 476 g/mol. The molecule has 6 nitrogen and oxygen atoms in total. The number of halogens is 5. The molecule has 0 saturated heterocycles. The van der Waals surface area contributed by atoms with E-state index in [1.807, 2.05) is 0 Å². The van der Waals surface area contributed by atoms with Gasteiger partial charge in [0.1, 0.15) is 11.6 Å². The van der Waals surface area contributed by atoms with E-state index in [1.165, 1.54) is 18.2 Å². The summed E-state index contributed by atoms with van der Waals surface area (Å²) in [6.07, 6.45) is -4.55. The van der Waals surface area contributed by atoms with E-state index in [0.717, 1.165) is 24.3 Å². The molecule has 2 aromatic carbocycles. The van der Waals surface area contributed by atoms with Crippen LogP contribution in [0.3, 0.4) is 0 Å². The Bertz CT molecular complexity index is 1090. The monoisotopic (exact) mass is 494 g/mol. The summed E-state index contributed by atoms with van der Waals surface area (Å²) in [5, 5.41) is 2.38. The molecule has 0 fully saturated rings. The van der Waals surface area contributed by atoms with E-state index in [-0.39, 0.29) is 35.0 Å². The van der Waals surface area contributed by atoms with Crippen LogP contribution < -0.4 is 14.8 Å². The van der Waals surface area contributed by atoms with Gasteiger partial charge < -0.3 is 10.1 Å². The lowest BCUT2D eigenvalue weighted by atomic mass is 10.1. The summed E-state index contributed by atoms with van der Waals surface area (Å²) < 4.78 is 83.2. The zero-order valence-corrected chi connectivity index (χ0v) is 18.1. The van der Waals surface area contributed by atoms with Crippen LogP contribution in [0.4, 0.5) is 17.6 Å². The Hall–Kier alpha value is -2.79. The maximum absolute atomic E-state index is 13.3. The fraction of sp³-hybridized carbons (Fsp3) is 0.250. The Morgan fingerprint density at radius 1 is 1.16 bits per heavy atom. The van der Waals surface area contributed by atoms with E-state index < -0.39 is 45.8 Å². The number of carbonyl (C=O) groups is 1. The van der Waals surface area contributed by atoms with Crippen molar-refractivity contribution in [2.75, 3.05) is 13.2 Å². The molecule has 0 bridgehead atoms. The highest BCUT2D eigenvalue weighted by Gasteiger charge is 2.30. The number of ether oxygens (including phenoxy) is 1. The van der Waals surface area contributed by atoms with Gasteiger partial charge in [-0.3, -0.25) is 9.52 Å². The van der Waals surface area contributed by atoms with Gasteiger partial charge in [-0.05, 0) is 23.8 Å². The predicted octanol–water partition coefficient (Wildman–Crippen LogP) is 4.02. The highest BCUT2D eigenvalue weighted by Crippen LogP contribution is 2.29. The van der Waals surface area contributed by atoms with Crippen molar-refractivity contribution in [3.8, 4) is 5.75 Å². The van der Waals surface area contributed by atoms with Crippen LogP contribution in [0.1, 0.15) is 17.5 Å². The predicted molar refractivity (Wildman–Crippen MR) is 111 cm³/mol. The molecule has 0 aliphatic rings. The second-order valence-electron chi connectivity index (χ2n) is 6.63. The molecule has 0 saturated carbocycles. The van der Waals surface area contributed by atoms with E-state index in [1.54, 1.807) is 0 Å². The number of hydrogen-bond donors (Lipinski definition) is 2. The van der Waals surface area contributed by atoms with Crippen molar-refractivity contribution in [2.45, 2.75) is 18.3 Å². The van der Waals surface area contributed by atoms with Crippen molar-refractivity contribution in [3.63, 3.8) is 0 Å². The lowest BCUT2D eigenvalue weighted by Crippen LogP contribution is -2.32. The fourth-order valence-corrected chi connectivity index (χ4v) is 3.83. The van der Waals surface area contributed by atoms with Crippen molar-refractivity contribution in [1.82, 2.24) is 10.0 Å². The van der Waals surface area contributed by atoms with Crippen LogP contribution in [0.2, 0.25) is 5.02 Å². The minimum absolute atomic E-state index is 0.0160. The third kappa shape index (κ3) is 8.39. The Morgan fingerprint density at radius 3 is 2.53 bits per heavy atom. The zero-order valence-electron chi connectivity index (χ0n) is 16.5. The number of benzene rings is 2. The second-order valence-corrected chi connectivity index (χ2v) is 8.76. The summed E-state index contributed by atoms with van der Waals surface area (Å²) in [5.41, 5.74) is -0.947. The molecule has 0 aromatic heterocycles. The first-order chi connectivity index (χ1) is 14.9.